The lowest BCUT2D eigenvalue weighted by atomic mass is 10.2. The third-order valence-corrected chi connectivity index (χ3v) is 3.07. The maximum absolute atomic E-state index is 12.0. The first-order chi connectivity index (χ1) is 10.1. The molecular weight excluding hydrogens is 294 g/mol. The third kappa shape index (κ3) is 3.82. The van der Waals surface area contributed by atoms with Gasteiger partial charge < -0.3 is 10.1 Å². The van der Waals surface area contributed by atoms with E-state index in [0.717, 1.165) is 10.1 Å². The van der Waals surface area contributed by atoms with Gasteiger partial charge in [0, 0.05) is 6.54 Å². The Morgan fingerprint density at radius 1 is 1.38 bits per heavy atom. The van der Waals surface area contributed by atoms with Gasteiger partial charge in [0.25, 0.3) is 5.56 Å². The van der Waals surface area contributed by atoms with Gasteiger partial charge in [-0.1, -0.05) is 41.9 Å². The van der Waals surface area contributed by atoms with Gasteiger partial charge in [-0.05, 0) is 5.56 Å². The first-order valence-corrected chi connectivity index (χ1v) is 6.59. The molecule has 0 unspecified atom stereocenters. The largest absolute Gasteiger partial charge is 0.489 e. The van der Waals surface area contributed by atoms with Crippen molar-refractivity contribution >= 4 is 17.5 Å². The Morgan fingerprint density at radius 3 is 2.76 bits per heavy atom. The van der Waals surface area contributed by atoms with E-state index < -0.39 is 5.56 Å². The summed E-state index contributed by atoms with van der Waals surface area (Å²) in [6.45, 7) is 0.249. The minimum atomic E-state index is -0.493. The molecule has 0 aliphatic heterocycles. The highest BCUT2D eigenvalue weighted by molar-refractivity contribution is 6.30. The van der Waals surface area contributed by atoms with E-state index in [1.54, 1.807) is 0 Å². The first-order valence-electron chi connectivity index (χ1n) is 6.21. The summed E-state index contributed by atoms with van der Waals surface area (Å²) in [5, 5.41) is 2.70. The first kappa shape index (κ1) is 15.1. The second-order valence-corrected chi connectivity index (χ2v) is 4.62. The highest BCUT2D eigenvalue weighted by Crippen LogP contribution is 2.14. The third-order valence-electron chi connectivity index (χ3n) is 2.80. The summed E-state index contributed by atoms with van der Waals surface area (Å²) in [7, 11) is 1.32. The summed E-state index contributed by atoms with van der Waals surface area (Å²) >= 11 is 5.73. The van der Waals surface area contributed by atoms with Crippen molar-refractivity contribution in [3.63, 3.8) is 0 Å². The minimum Gasteiger partial charge on any atom is -0.489 e. The molecule has 0 saturated carbocycles. The van der Waals surface area contributed by atoms with E-state index in [1.165, 1.54) is 13.4 Å². The standard InChI is InChI=1S/C14H14ClN3O3/c1-21-12-13(15)17-9-18(14(12)20)8-11(19)16-7-10-5-3-2-4-6-10/h2-6,9H,7-8H2,1H3,(H,16,19). The summed E-state index contributed by atoms with van der Waals surface area (Å²) in [5.74, 6) is -0.373. The fourth-order valence-corrected chi connectivity index (χ4v) is 1.94. The van der Waals surface area contributed by atoms with E-state index in [2.05, 4.69) is 10.3 Å². The maximum Gasteiger partial charge on any atom is 0.297 e. The molecule has 2 rings (SSSR count). The molecule has 1 heterocycles. The van der Waals surface area contributed by atoms with Crippen molar-refractivity contribution < 1.29 is 9.53 Å². The van der Waals surface area contributed by atoms with Crippen molar-refractivity contribution in [3.8, 4) is 5.75 Å². The minimum absolute atomic E-state index is 0.0246. The SMILES string of the molecule is COc1c(Cl)ncn(CC(=O)NCc2ccccc2)c1=O. The summed E-state index contributed by atoms with van der Waals surface area (Å²) in [6, 6.07) is 9.48. The van der Waals surface area contributed by atoms with E-state index in [0.29, 0.717) is 6.54 Å². The van der Waals surface area contributed by atoms with E-state index in [4.69, 9.17) is 16.3 Å². The highest BCUT2D eigenvalue weighted by Gasteiger charge is 2.12. The molecule has 110 valence electrons. The Morgan fingerprint density at radius 2 is 2.10 bits per heavy atom. The molecule has 7 heteroatoms. The van der Waals surface area contributed by atoms with E-state index in [9.17, 15) is 9.59 Å². The number of halogens is 1. The molecule has 6 nitrogen and oxygen atoms in total. The van der Waals surface area contributed by atoms with Crippen LogP contribution < -0.4 is 15.6 Å². The second-order valence-electron chi connectivity index (χ2n) is 4.26. The molecule has 1 aromatic carbocycles. The zero-order valence-electron chi connectivity index (χ0n) is 11.4. The monoisotopic (exact) mass is 307 g/mol. The molecule has 2 aromatic rings. The van der Waals surface area contributed by atoms with E-state index >= 15 is 0 Å². The van der Waals surface area contributed by atoms with Crippen molar-refractivity contribution in [3.05, 3.63) is 57.7 Å². The molecule has 0 bridgehead atoms. The van der Waals surface area contributed by atoms with E-state index in [1.807, 2.05) is 30.3 Å². The average molecular weight is 308 g/mol. The van der Waals surface area contributed by atoms with E-state index in [-0.39, 0.29) is 23.4 Å². The molecule has 0 fully saturated rings. The summed E-state index contributed by atoms with van der Waals surface area (Å²) in [5.41, 5.74) is 0.484. The van der Waals surface area contributed by atoms with Crippen LogP contribution in [0.4, 0.5) is 0 Å². The van der Waals surface area contributed by atoms with Crippen LogP contribution in [0, 0.1) is 0 Å². The Kier molecular flexibility index (Phi) is 4.94. The van der Waals surface area contributed by atoms with Gasteiger partial charge >= 0.3 is 0 Å². The van der Waals surface area contributed by atoms with Gasteiger partial charge in [0.2, 0.25) is 11.7 Å². The quantitative estimate of drug-likeness (QED) is 0.843. The van der Waals surface area contributed by atoms with Crippen LogP contribution in [0.5, 0.6) is 5.75 Å². The van der Waals surface area contributed by atoms with Crippen molar-refractivity contribution in [1.29, 1.82) is 0 Å². The van der Waals surface area contributed by atoms with Crippen LogP contribution in [0.15, 0.2) is 41.5 Å². The number of amides is 1. The molecule has 1 aromatic heterocycles. The summed E-state index contributed by atoms with van der Waals surface area (Å²) < 4.78 is 6.01. The van der Waals surface area contributed by atoms with Crippen LogP contribution in [0.3, 0.4) is 0 Å². The number of rotatable bonds is 5. The molecule has 0 aliphatic rings. The molecule has 1 N–H and O–H groups in total. The molecular formula is C14H14ClN3O3. The van der Waals surface area contributed by atoms with Crippen LogP contribution in [-0.4, -0.2) is 22.6 Å². The number of hydrogen-bond donors (Lipinski definition) is 1. The fourth-order valence-electron chi connectivity index (χ4n) is 1.74. The normalized spacial score (nSPS) is 10.2. The van der Waals surface area contributed by atoms with Crippen LogP contribution in [0.2, 0.25) is 5.15 Å². The molecule has 0 atom stereocenters. The smallest absolute Gasteiger partial charge is 0.297 e. The number of benzene rings is 1. The van der Waals surface area contributed by atoms with Gasteiger partial charge in [-0.2, -0.15) is 0 Å². The number of nitrogens with zero attached hydrogens (tertiary/aromatic N) is 2. The molecule has 0 aliphatic carbocycles. The van der Waals surface area contributed by atoms with Gasteiger partial charge in [0.05, 0.1) is 13.4 Å². The zero-order valence-corrected chi connectivity index (χ0v) is 12.1. The summed E-state index contributed by atoms with van der Waals surface area (Å²) in [6.07, 6.45) is 1.22. The molecule has 0 saturated heterocycles. The van der Waals surface area contributed by atoms with Crippen LogP contribution in [-0.2, 0) is 17.9 Å². The Labute approximate surface area is 126 Å². The molecule has 0 radical (unpaired) electrons. The van der Waals surface area contributed by atoms with Gasteiger partial charge in [0.15, 0.2) is 5.15 Å². The number of carbonyl (C=O) groups excluding carboxylic acids is 1. The topological polar surface area (TPSA) is 73.2 Å². The maximum atomic E-state index is 12.0. The Hall–Kier alpha value is -2.34. The summed E-state index contributed by atoms with van der Waals surface area (Å²) in [4.78, 5) is 27.6. The molecule has 21 heavy (non-hydrogen) atoms. The number of nitrogens with one attached hydrogen (secondary N) is 1. The lowest BCUT2D eigenvalue weighted by molar-refractivity contribution is -0.121. The Balaban J connectivity index is 2.02. The lowest BCUT2D eigenvalue weighted by Crippen LogP contribution is -2.32. The molecule has 0 spiro atoms. The number of hydrogen-bond acceptors (Lipinski definition) is 4. The number of ether oxygens (including phenoxy) is 1. The number of aromatic nitrogens is 2. The predicted molar refractivity (Wildman–Crippen MR) is 78.3 cm³/mol. The predicted octanol–water partition coefficient (Wildman–Crippen LogP) is 1.22. The average Bonchev–Trinajstić information content (AvgIpc) is 2.50. The zero-order chi connectivity index (χ0) is 15.2. The van der Waals surface area contributed by atoms with Crippen molar-refractivity contribution in [2.24, 2.45) is 0 Å². The van der Waals surface area contributed by atoms with Crippen molar-refractivity contribution in [2.75, 3.05) is 7.11 Å². The second kappa shape index (κ2) is 6.90. The molecule has 1 amide bonds. The Bertz CT molecular complexity index is 686. The number of methoxy groups -OCH3 is 1. The van der Waals surface area contributed by atoms with Crippen molar-refractivity contribution in [2.45, 2.75) is 13.1 Å². The number of carbonyl (C=O) groups is 1. The highest BCUT2D eigenvalue weighted by atomic mass is 35.5. The van der Waals surface area contributed by atoms with Gasteiger partial charge in [-0.25, -0.2) is 4.98 Å². The lowest BCUT2D eigenvalue weighted by Gasteiger charge is -2.09. The van der Waals surface area contributed by atoms with Gasteiger partial charge in [0.1, 0.15) is 6.54 Å². The van der Waals surface area contributed by atoms with Crippen molar-refractivity contribution in [1.82, 2.24) is 14.9 Å². The van der Waals surface area contributed by atoms with Gasteiger partial charge in [-0.3, -0.25) is 14.2 Å². The van der Waals surface area contributed by atoms with Gasteiger partial charge in [-0.15, -0.1) is 0 Å². The fraction of sp³-hybridized carbons (Fsp3) is 0.214. The van der Waals surface area contributed by atoms with Crippen LogP contribution >= 0.6 is 11.6 Å². The van der Waals surface area contributed by atoms with Crippen LogP contribution in [0.25, 0.3) is 0 Å². The van der Waals surface area contributed by atoms with Crippen LogP contribution in [0.1, 0.15) is 5.56 Å².